The predicted octanol–water partition coefficient (Wildman–Crippen LogP) is 0.572. The van der Waals surface area contributed by atoms with E-state index >= 15 is 0 Å². The number of hydrogen-bond donors (Lipinski definition) is 0. The minimum atomic E-state index is -3.73. The molecule has 0 aliphatic heterocycles. The van der Waals surface area contributed by atoms with Gasteiger partial charge in [-0.3, -0.25) is 4.79 Å². The summed E-state index contributed by atoms with van der Waals surface area (Å²) in [6.07, 6.45) is 0. The van der Waals surface area contributed by atoms with Crippen molar-refractivity contribution in [1.29, 1.82) is 0 Å². The highest BCUT2D eigenvalue weighted by molar-refractivity contribution is 7.94. The first kappa shape index (κ1) is 13.0. The van der Waals surface area contributed by atoms with Gasteiger partial charge in [-0.05, 0) is 20.8 Å². The standard InChI is InChI=1S/C8H12N2O4S2/c1-4-14-7(11)6(3)16(12,13)8-5(2)9-10-15-8/h6H,4H2,1-3H3/t6-/m0/s1. The van der Waals surface area contributed by atoms with Gasteiger partial charge in [-0.1, -0.05) is 4.49 Å². The lowest BCUT2D eigenvalue weighted by molar-refractivity contribution is -0.142. The number of aromatic nitrogens is 2. The maximum atomic E-state index is 12.0. The molecule has 0 fully saturated rings. The lowest BCUT2D eigenvalue weighted by Crippen LogP contribution is -2.29. The van der Waals surface area contributed by atoms with Crippen LogP contribution in [0.4, 0.5) is 0 Å². The molecule has 1 aromatic rings. The number of aryl methyl sites for hydroxylation is 1. The van der Waals surface area contributed by atoms with Gasteiger partial charge in [-0.2, -0.15) is 0 Å². The molecule has 0 spiro atoms. The van der Waals surface area contributed by atoms with E-state index in [9.17, 15) is 13.2 Å². The molecule has 0 N–H and O–H groups in total. The summed E-state index contributed by atoms with van der Waals surface area (Å²) in [4.78, 5) is 11.4. The Labute approximate surface area is 97.7 Å². The van der Waals surface area contributed by atoms with E-state index in [4.69, 9.17) is 0 Å². The van der Waals surface area contributed by atoms with Crippen molar-refractivity contribution < 1.29 is 17.9 Å². The summed E-state index contributed by atoms with van der Waals surface area (Å²) < 4.78 is 32.2. The topological polar surface area (TPSA) is 86.2 Å². The number of sulfone groups is 1. The Hall–Kier alpha value is -1.02. The fourth-order valence-corrected chi connectivity index (χ4v) is 3.48. The van der Waals surface area contributed by atoms with Crippen LogP contribution in [-0.2, 0) is 19.4 Å². The third-order valence-electron chi connectivity index (χ3n) is 1.95. The minimum absolute atomic E-state index is 0.0213. The fraction of sp³-hybridized carbons (Fsp3) is 0.625. The second kappa shape index (κ2) is 4.88. The third kappa shape index (κ3) is 2.38. The molecule has 0 saturated carbocycles. The Morgan fingerprint density at radius 1 is 1.56 bits per heavy atom. The molecule has 1 atom stereocenters. The van der Waals surface area contributed by atoms with E-state index in [1.165, 1.54) is 13.8 Å². The smallest absolute Gasteiger partial charge is 0.324 e. The van der Waals surface area contributed by atoms with Gasteiger partial charge < -0.3 is 4.74 Å². The van der Waals surface area contributed by atoms with Crippen molar-refractivity contribution in [2.75, 3.05) is 6.61 Å². The first-order valence-electron chi connectivity index (χ1n) is 4.60. The molecule has 0 aliphatic rings. The maximum absolute atomic E-state index is 12.0. The molecule has 0 bridgehead atoms. The molecule has 0 saturated heterocycles. The number of rotatable bonds is 4. The van der Waals surface area contributed by atoms with Crippen LogP contribution in [0.2, 0.25) is 0 Å². The zero-order valence-electron chi connectivity index (χ0n) is 9.13. The van der Waals surface area contributed by atoms with E-state index in [0.717, 1.165) is 11.5 Å². The first-order valence-corrected chi connectivity index (χ1v) is 6.92. The van der Waals surface area contributed by atoms with Crippen LogP contribution in [0, 0.1) is 6.92 Å². The van der Waals surface area contributed by atoms with Gasteiger partial charge in [0, 0.05) is 11.5 Å². The maximum Gasteiger partial charge on any atom is 0.324 e. The van der Waals surface area contributed by atoms with Gasteiger partial charge in [0.1, 0.15) is 0 Å². The zero-order chi connectivity index (χ0) is 12.3. The van der Waals surface area contributed by atoms with E-state index < -0.39 is 21.1 Å². The van der Waals surface area contributed by atoms with Gasteiger partial charge in [0.2, 0.25) is 9.84 Å². The highest BCUT2D eigenvalue weighted by atomic mass is 32.2. The highest BCUT2D eigenvalue weighted by Crippen LogP contribution is 2.22. The van der Waals surface area contributed by atoms with Gasteiger partial charge in [0.15, 0.2) is 9.46 Å². The summed E-state index contributed by atoms with van der Waals surface area (Å²) in [6, 6.07) is 0. The highest BCUT2D eigenvalue weighted by Gasteiger charge is 2.34. The van der Waals surface area contributed by atoms with Crippen LogP contribution in [0.1, 0.15) is 19.5 Å². The minimum Gasteiger partial charge on any atom is -0.465 e. The van der Waals surface area contributed by atoms with Crippen LogP contribution in [0.5, 0.6) is 0 Å². The van der Waals surface area contributed by atoms with Crippen molar-refractivity contribution in [1.82, 2.24) is 9.59 Å². The lowest BCUT2D eigenvalue weighted by Gasteiger charge is -2.09. The van der Waals surface area contributed by atoms with Gasteiger partial charge in [0.25, 0.3) is 0 Å². The average molecular weight is 264 g/mol. The van der Waals surface area contributed by atoms with Gasteiger partial charge in [-0.15, -0.1) is 5.10 Å². The number of hydrogen-bond acceptors (Lipinski definition) is 7. The summed E-state index contributed by atoms with van der Waals surface area (Å²) in [5.74, 6) is -0.754. The number of ether oxygens (including phenoxy) is 1. The molecular weight excluding hydrogens is 252 g/mol. The molecule has 0 amide bonds. The quantitative estimate of drug-likeness (QED) is 0.739. The van der Waals surface area contributed by atoms with Crippen molar-refractivity contribution in [2.24, 2.45) is 0 Å². The molecule has 6 nitrogen and oxygen atoms in total. The van der Waals surface area contributed by atoms with Crippen molar-refractivity contribution >= 4 is 27.3 Å². The average Bonchev–Trinajstić information content (AvgIpc) is 2.64. The Bertz CT molecular complexity index is 480. The van der Waals surface area contributed by atoms with Gasteiger partial charge >= 0.3 is 5.97 Å². The summed E-state index contributed by atoms with van der Waals surface area (Å²) in [6.45, 7) is 4.61. The molecule has 0 aromatic carbocycles. The number of carbonyl (C=O) groups is 1. The Kier molecular flexibility index (Phi) is 3.98. The summed E-state index contributed by atoms with van der Waals surface area (Å²) in [5.41, 5.74) is 0.307. The van der Waals surface area contributed by atoms with Crippen LogP contribution < -0.4 is 0 Å². The van der Waals surface area contributed by atoms with Crippen LogP contribution in [0.3, 0.4) is 0 Å². The molecule has 0 aliphatic carbocycles. The largest absolute Gasteiger partial charge is 0.465 e. The van der Waals surface area contributed by atoms with E-state index in [0.29, 0.717) is 5.69 Å². The molecule has 0 unspecified atom stereocenters. The molecular formula is C8H12N2O4S2. The SMILES string of the molecule is CCOC(=O)[C@H](C)S(=O)(=O)c1snnc1C. The lowest BCUT2D eigenvalue weighted by atomic mass is 10.5. The van der Waals surface area contributed by atoms with Gasteiger partial charge in [0.05, 0.1) is 12.3 Å². The molecule has 1 rings (SSSR count). The zero-order valence-corrected chi connectivity index (χ0v) is 10.8. The van der Waals surface area contributed by atoms with Crippen LogP contribution in [0.25, 0.3) is 0 Å². The van der Waals surface area contributed by atoms with Crippen molar-refractivity contribution in [3.05, 3.63) is 5.69 Å². The molecule has 0 radical (unpaired) electrons. The Balaban J connectivity index is 3.04. The van der Waals surface area contributed by atoms with Crippen LogP contribution >= 0.6 is 11.5 Å². The molecule has 90 valence electrons. The molecule has 16 heavy (non-hydrogen) atoms. The molecule has 8 heteroatoms. The van der Waals surface area contributed by atoms with Crippen molar-refractivity contribution in [3.8, 4) is 0 Å². The summed E-state index contributed by atoms with van der Waals surface area (Å²) in [5, 5.41) is 2.38. The molecule has 1 heterocycles. The first-order chi connectivity index (χ1) is 7.41. The predicted molar refractivity (Wildman–Crippen MR) is 57.9 cm³/mol. The van der Waals surface area contributed by atoms with Gasteiger partial charge in [-0.25, -0.2) is 8.42 Å². The fourth-order valence-electron chi connectivity index (χ4n) is 1.03. The normalized spacial score (nSPS) is 13.4. The van der Waals surface area contributed by atoms with Crippen molar-refractivity contribution in [2.45, 2.75) is 30.2 Å². The van der Waals surface area contributed by atoms with Crippen LogP contribution in [-0.4, -0.2) is 35.8 Å². The van der Waals surface area contributed by atoms with Crippen LogP contribution in [0.15, 0.2) is 4.21 Å². The van der Waals surface area contributed by atoms with E-state index in [2.05, 4.69) is 14.3 Å². The number of nitrogens with zero attached hydrogens (tertiary/aromatic N) is 2. The van der Waals surface area contributed by atoms with E-state index in [-0.39, 0.29) is 10.8 Å². The van der Waals surface area contributed by atoms with E-state index in [1.807, 2.05) is 0 Å². The Morgan fingerprint density at radius 3 is 2.62 bits per heavy atom. The summed E-state index contributed by atoms with van der Waals surface area (Å²) in [7, 11) is -3.73. The van der Waals surface area contributed by atoms with E-state index in [1.54, 1.807) is 6.92 Å². The Morgan fingerprint density at radius 2 is 2.19 bits per heavy atom. The monoisotopic (exact) mass is 264 g/mol. The number of esters is 1. The molecule has 1 aromatic heterocycles. The second-order valence-corrected chi connectivity index (χ2v) is 6.30. The third-order valence-corrected chi connectivity index (χ3v) is 5.43. The second-order valence-electron chi connectivity index (χ2n) is 3.09. The van der Waals surface area contributed by atoms with Crippen molar-refractivity contribution in [3.63, 3.8) is 0 Å². The summed E-state index contributed by atoms with van der Waals surface area (Å²) >= 11 is 0.763. The number of carbonyl (C=O) groups excluding carboxylic acids is 1.